The lowest BCUT2D eigenvalue weighted by atomic mass is 10.1. The molecule has 4 atom stereocenters. The van der Waals surface area contributed by atoms with E-state index in [9.17, 15) is 29.3 Å². The maximum absolute atomic E-state index is 12.6. The van der Waals surface area contributed by atoms with E-state index in [0.29, 0.717) is 25.7 Å². The molecule has 11 nitrogen and oxygen atoms in total. The molecule has 4 N–H and O–H groups in total. The maximum Gasteiger partial charge on any atom is 0.472 e. The van der Waals surface area contributed by atoms with E-state index in [0.717, 1.165) is 57.8 Å². The van der Waals surface area contributed by atoms with Crippen molar-refractivity contribution in [2.24, 2.45) is 0 Å². The first-order chi connectivity index (χ1) is 27.1. The Balaban J connectivity index is 4.48. The van der Waals surface area contributed by atoms with E-state index in [4.69, 9.17) is 19.1 Å². The monoisotopic (exact) mass is 811 g/mol. The highest BCUT2D eigenvalue weighted by atomic mass is 31.2. The summed E-state index contributed by atoms with van der Waals surface area (Å²) in [7, 11) is -4.65. The Morgan fingerprint density at radius 2 is 1.20 bits per heavy atom. The third kappa shape index (κ3) is 38.3. The molecule has 56 heavy (non-hydrogen) atoms. The van der Waals surface area contributed by atoms with Crippen LogP contribution in [0.25, 0.3) is 0 Å². The first-order valence-electron chi connectivity index (χ1n) is 21.0. The third-order valence-corrected chi connectivity index (χ3v) is 9.38. The standard InChI is InChI=1S/C44H75O11P/c1-3-5-7-8-9-10-11-12-13-14-15-16-17-20-24-27-31-35-44(49)55-42(39-54-56(50,51)53-37-41(47)36-45)38-52-43(48)34-30-26-23-21-18-19-22-25-29-33-40(46)32-28-6-4-2/h6,12-13,15-16,20,22,24-25,28-29,33,40-42,45-47H,3-5,7-11,14,17-19,21,23,26-27,30-32,34-39H2,1-2H3,(H,50,51)/b13-12-,16-15-,24-20-,25-22+,28-6+,33-29+/t40?,41-,42+/m0/s1. The molecule has 2 unspecified atom stereocenters. The summed E-state index contributed by atoms with van der Waals surface area (Å²) in [4.78, 5) is 34.9. The largest absolute Gasteiger partial charge is 0.472 e. The van der Waals surface area contributed by atoms with Crippen LogP contribution in [0, 0.1) is 0 Å². The molecule has 0 saturated carbocycles. The van der Waals surface area contributed by atoms with Crippen LogP contribution in [0.4, 0.5) is 0 Å². The fourth-order valence-electron chi connectivity index (χ4n) is 5.16. The zero-order valence-electron chi connectivity index (χ0n) is 34.4. The van der Waals surface area contributed by atoms with Crippen molar-refractivity contribution in [3.05, 3.63) is 72.9 Å². The smallest absolute Gasteiger partial charge is 0.462 e. The van der Waals surface area contributed by atoms with Crippen LogP contribution in [0.15, 0.2) is 72.9 Å². The number of phosphoric acid groups is 1. The van der Waals surface area contributed by atoms with Gasteiger partial charge in [0.15, 0.2) is 6.10 Å². The highest BCUT2D eigenvalue weighted by Gasteiger charge is 2.27. The number of esters is 2. The summed E-state index contributed by atoms with van der Waals surface area (Å²) in [6.45, 7) is 2.04. The average Bonchev–Trinajstić information content (AvgIpc) is 3.18. The van der Waals surface area contributed by atoms with E-state index in [1.165, 1.54) is 38.5 Å². The van der Waals surface area contributed by atoms with Gasteiger partial charge >= 0.3 is 19.8 Å². The van der Waals surface area contributed by atoms with Gasteiger partial charge in [-0.3, -0.25) is 18.6 Å². The van der Waals surface area contributed by atoms with Crippen LogP contribution in [-0.2, 0) is 32.7 Å². The predicted molar refractivity (Wildman–Crippen MR) is 225 cm³/mol. The molecule has 0 radical (unpaired) electrons. The van der Waals surface area contributed by atoms with Gasteiger partial charge in [0.2, 0.25) is 0 Å². The lowest BCUT2D eigenvalue weighted by molar-refractivity contribution is -0.161. The molecule has 0 spiro atoms. The summed E-state index contributed by atoms with van der Waals surface area (Å²) in [6.07, 6.45) is 40.6. The van der Waals surface area contributed by atoms with Gasteiger partial charge in [-0.15, -0.1) is 0 Å². The molecule has 0 aliphatic heterocycles. The van der Waals surface area contributed by atoms with Crippen molar-refractivity contribution >= 4 is 19.8 Å². The molecule has 0 saturated heterocycles. The minimum absolute atomic E-state index is 0.0938. The molecule has 0 aromatic carbocycles. The van der Waals surface area contributed by atoms with Gasteiger partial charge in [-0.2, -0.15) is 0 Å². The van der Waals surface area contributed by atoms with Gasteiger partial charge in [0.05, 0.1) is 25.9 Å². The molecule has 0 aliphatic rings. The van der Waals surface area contributed by atoms with Crippen molar-refractivity contribution < 1.29 is 52.9 Å². The van der Waals surface area contributed by atoms with E-state index >= 15 is 0 Å². The fourth-order valence-corrected chi connectivity index (χ4v) is 5.95. The number of carbonyl (C=O) groups is 2. The molecule has 0 bridgehead atoms. The number of allylic oxidation sites excluding steroid dienone is 10. The number of rotatable bonds is 38. The van der Waals surface area contributed by atoms with Crippen LogP contribution < -0.4 is 0 Å². The van der Waals surface area contributed by atoms with Crippen molar-refractivity contribution in [3.8, 4) is 0 Å². The second kappa shape index (κ2) is 39.2. The number of aliphatic hydroxyl groups excluding tert-OH is 3. The number of unbranched alkanes of at least 4 members (excludes halogenated alkanes) is 12. The highest BCUT2D eigenvalue weighted by molar-refractivity contribution is 7.47. The van der Waals surface area contributed by atoms with Crippen LogP contribution in [0.3, 0.4) is 0 Å². The minimum atomic E-state index is -4.65. The van der Waals surface area contributed by atoms with Gasteiger partial charge in [0.1, 0.15) is 12.7 Å². The van der Waals surface area contributed by atoms with Crippen molar-refractivity contribution in [1.29, 1.82) is 0 Å². The first-order valence-corrected chi connectivity index (χ1v) is 22.5. The van der Waals surface area contributed by atoms with E-state index in [1.807, 2.05) is 36.5 Å². The summed E-state index contributed by atoms with van der Waals surface area (Å²) in [6, 6.07) is 0. The molecule has 12 heteroatoms. The SMILES string of the molecule is CC/C=C/CC(O)/C=C/C=C/CCCCCCCC(=O)OC[C@H](COP(=O)(O)OC[C@@H](O)CO)OC(=O)CCC/C=C\C/C=C\C/C=C\CCCCCCCC. The molecule has 0 aromatic heterocycles. The number of ether oxygens (including phenoxy) is 2. The Morgan fingerprint density at radius 1 is 0.625 bits per heavy atom. The van der Waals surface area contributed by atoms with Gasteiger partial charge in [-0.1, -0.05) is 138 Å². The Morgan fingerprint density at radius 3 is 1.86 bits per heavy atom. The molecule has 0 amide bonds. The van der Waals surface area contributed by atoms with Gasteiger partial charge < -0.3 is 29.7 Å². The lowest BCUT2D eigenvalue weighted by Gasteiger charge is -2.20. The Bertz CT molecular complexity index is 1180. The molecule has 0 rings (SSSR count). The minimum Gasteiger partial charge on any atom is -0.462 e. The van der Waals surface area contributed by atoms with E-state index < -0.39 is 57.9 Å². The van der Waals surface area contributed by atoms with Crippen LogP contribution in [-0.4, -0.2) is 76.9 Å². The summed E-state index contributed by atoms with van der Waals surface area (Å²) < 4.78 is 32.6. The third-order valence-electron chi connectivity index (χ3n) is 8.43. The van der Waals surface area contributed by atoms with E-state index in [-0.39, 0.29) is 19.4 Å². The van der Waals surface area contributed by atoms with Crippen LogP contribution in [0.5, 0.6) is 0 Å². The van der Waals surface area contributed by atoms with E-state index in [2.05, 4.69) is 48.8 Å². The fraction of sp³-hybridized carbons (Fsp3) is 0.682. The molecule has 0 heterocycles. The maximum atomic E-state index is 12.6. The first kappa shape index (κ1) is 53.4. The van der Waals surface area contributed by atoms with Crippen molar-refractivity contribution in [2.75, 3.05) is 26.4 Å². The molecule has 0 aliphatic carbocycles. The quantitative estimate of drug-likeness (QED) is 0.0154. The van der Waals surface area contributed by atoms with Crippen molar-refractivity contribution in [1.82, 2.24) is 0 Å². The Labute approximate surface area is 338 Å². The summed E-state index contributed by atoms with van der Waals surface area (Å²) in [5.41, 5.74) is 0. The zero-order valence-corrected chi connectivity index (χ0v) is 35.3. The molecule has 322 valence electrons. The average molecular weight is 811 g/mol. The number of aliphatic hydroxyl groups is 3. The highest BCUT2D eigenvalue weighted by Crippen LogP contribution is 2.43. The zero-order chi connectivity index (χ0) is 41.4. The van der Waals surface area contributed by atoms with Crippen molar-refractivity contribution in [2.45, 2.75) is 167 Å². The van der Waals surface area contributed by atoms with Gasteiger partial charge in [-0.25, -0.2) is 4.57 Å². The summed E-state index contributed by atoms with van der Waals surface area (Å²) in [5.74, 6) is -1.05. The van der Waals surface area contributed by atoms with Gasteiger partial charge in [0, 0.05) is 12.8 Å². The van der Waals surface area contributed by atoms with Gasteiger partial charge in [0.25, 0.3) is 0 Å². The molecule has 0 aromatic rings. The summed E-state index contributed by atoms with van der Waals surface area (Å²) in [5, 5.41) is 28.2. The second-order valence-electron chi connectivity index (χ2n) is 13.8. The topological polar surface area (TPSA) is 169 Å². The molecular formula is C44H75O11P. The lowest BCUT2D eigenvalue weighted by Crippen LogP contribution is -2.29. The van der Waals surface area contributed by atoms with E-state index in [1.54, 1.807) is 6.08 Å². The number of hydrogen-bond acceptors (Lipinski definition) is 10. The normalized spacial score (nSPS) is 15.2. The number of hydrogen-bond donors (Lipinski definition) is 4. The molecule has 0 fully saturated rings. The van der Waals surface area contributed by atoms with Crippen LogP contribution >= 0.6 is 7.82 Å². The second-order valence-corrected chi connectivity index (χ2v) is 15.3. The Hall–Kier alpha value is -2.63. The summed E-state index contributed by atoms with van der Waals surface area (Å²) >= 11 is 0. The molecular weight excluding hydrogens is 735 g/mol. The number of carbonyl (C=O) groups excluding carboxylic acids is 2. The number of phosphoric ester groups is 1. The van der Waals surface area contributed by atoms with Crippen LogP contribution in [0.2, 0.25) is 0 Å². The van der Waals surface area contributed by atoms with Crippen molar-refractivity contribution in [3.63, 3.8) is 0 Å². The van der Waals surface area contributed by atoms with Crippen LogP contribution in [0.1, 0.15) is 149 Å². The predicted octanol–water partition coefficient (Wildman–Crippen LogP) is 9.86. The Kier molecular flexibility index (Phi) is 37.4. The van der Waals surface area contributed by atoms with Gasteiger partial charge in [-0.05, 0) is 70.6 Å².